The third-order valence-corrected chi connectivity index (χ3v) is 4.39. The van der Waals surface area contributed by atoms with Crippen LogP contribution in [-0.4, -0.2) is 5.11 Å². The molecule has 2 rings (SSSR count). The van der Waals surface area contributed by atoms with Crippen molar-refractivity contribution in [1.29, 1.82) is 0 Å². The average molecular weight is 238 g/mol. The molecule has 3 heteroatoms. The Kier molecular flexibility index (Phi) is 2.96. The Morgan fingerprint density at radius 2 is 2.13 bits per heavy atom. The Morgan fingerprint density at radius 1 is 1.33 bits per heavy atom. The molecule has 0 fully saturated rings. The lowest BCUT2D eigenvalue weighted by Gasteiger charge is -2.21. The van der Waals surface area contributed by atoms with Gasteiger partial charge in [-0.25, -0.2) is 0 Å². The molecule has 80 valence electrons. The molecular formula is C12H14OS2. The highest BCUT2D eigenvalue weighted by molar-refractivity contribution is 7.12. The number of rotatable bonds is 3. The molecule has 1 unspecified atom stereocenters. The van der Waals surface area contributed by atoms with Crippen LogP contribution < -0.4 is 0 Å². The second-order valence-corrected chi connectivity index (χ2v) is 6.06. The van der Waals surface area contributed by atoms with Gasteiger partial charge in [-0.15, -0.1) is 11.3 Å². The van der Waals surface area contributed by atoms with Crippen molar-refractivity contribution in [3.63, 3.8) is 0 Å². The van der Waals surface area contributed by atoms with E-state index in [-0.39, 0.29) is 0 Å². The predicted octanol–water partition coefficient (Wildman–Crippen LogP) is 3.57. The Balaban J connectivity index is 2.20. The quantitative estimate of drug-likeness (QED) is 0.866. The van der Waals surface area contributed by atoms with E-state index in [2.05, 4.69) is 24.4 Å². The fourth-order valence-electron chi connectivity index (χ4n) is 1.60. The van der Waals surface area contributed by atoms with E-state index in [4.69, 9.17) is 0 Å². The van der Waals surface area contributed by atoms with E-state index in [0.717, 1.165) is 4.88 Å². The summed E-state index contributed by atoms with van der Waals surface area (Å²) in [6.45, 7) is 3.95. The van der Waals surface area contributed by atoms with Gasteiger partial charge in [0.2, 0.25) is 0 Å². The fraction of sp³-hybridized carbons (Fsp3) is 0.333. The van der Waals surface area contributed by atoms with Gasteiger partial charge < -0.3 is 5.11 Å². The molecule has 0 bridgehead atoms. The van der Waals surface area contributed by atoms with Crippen LogP contribution in [0.3, 0.4) is 0 Å². The van der Waals surface area contributed by atoms with Crippen molar-refractivity contribution >= 4 is 22.7 Å². The molecule has 0 aliphatic carbocycles. The molecule has 0 radical (unpaired) electrons. The highest BCUT2D eigenvalue weighted by Gasteiger charge is 2.25. The van der Waals surface area contributed by atoms with Crippen LogP contribution in [0, 0.1) is 6.92 Å². The van der Waals surface area contributed by atoms with E-state index in [1.165, 1.54) is 10.4 Å². The van der Waals surface area contributed by atoms with Gasteiger partial charge in [0.1, 0.15) is 0 Å². The van der Waals surface area contributed by atoms with Gasteiger partial charge in [0.05, 0.1) is 5.60 Å². The molecule has 2 aromatic rings. The van der Waals surface area contributed by atoms with Crippen molar-refractivity contribution in [2.75, 3.05) is 0 Å². The summed E-state index contributed by atoms with van der Waals surface area (Å²) in [5.74, 6) is 0. The molecule has 0 spiro atoms. The standard InChI is InChI=1S/C12H14OS2/c1-9-3-4-11(15-9)12(2,13)7-10-5-6-14-8-10/h3-6,8,13H,7H2,1-2H3. The lowest BCUT2D eigenvalue weighted by molar-refractivity contribution is 0.0616. The van der Waals surface area contributed by atoms with E-state index >= 15 is 0 Å². The Hall–Kier alpha value is -0.640. The van der Waals surface area contributed by atoms with Gasteiger partial charge in [0, 0.05) is 16.2 Å². The van der Waals surface area contributed by atoms with Crippen LogP contribution in [0.1, 0.15) is 22.2 Å². The maximum Gasteiger partial charge on any atom is 0.1000 e. The van der Waals surface area contributed by atoms with Gasteiger partial charge in [-0.2, -0.15) is 11.3 Å². The van der Waals surface area contributed by atoms with Crippen LogP contribution >= 0.6 is 22.7 Å². The molecule has 0 aliphatic heterocycles. The van der Waals surface area contributed by atoms with Gasteiger partial charge in [-0.1, -0.05) is 0 Å². The van der Waals surface area contributed by atoms with Crippen LogP contribution in [0.4, 0.5) is 0 Å². The van der Waals surface area contributed by atoms with Crippen LogP contribution in [0.5, 0.6) is 0 Å². The van der Waals surface area contributed by atoms with Gasteiger partial charge in [0.15, 0.2) is 0 Å². The maximum atomic E-state index is 10.4. The number of hydrogen-bond donors (Lipinski definition) is 1. The molecule has 15 heavy (non-hydrogen) atoms. The molecular weight excluding hydrogens is 224 g/mol. The average Bonchev–Trinajstić information content (AvgIpc) is 2.75. The zero-order valence-electron chi connectivity index (χ0n) is 8.86. The van der Waals surface area contributed by atoms with Crippen molar-refractivity contribution in [2.45, 2.75) is 25.9 Å². The molecule has 0 amide bonds. The minimum Gasteiger partial charge on any atom is -0.384 e. The molecule has 1 N–H and O–H groups in total. The van der Waals surface area contributed by atoms with Gasteiger partial charge in [-0.3, -0.25) is 0 Å². The summed E-state index contributed by atoms with van der Waals surface area (Å²) in [6.07, 6.45) is 0.691. The smallest absolute Gasteiger partial charge is 0.1000 e. The van der Waals surface area contributed by atoms with E-state index in [1.54, 1.807) is 22.7 Å². The van der Waals surface area contributed by atoms with Crippen LogP contribution in [-0.2, 0) is 12.0 Å². The van der Waals surface area contributed by atoms with Crippen molar-refractivity contribution in [3.8, 4) is 0 Å². The van der Waals surface area contributed by atoms with Gasteiger partial charge in [0.25, 0.3) is 0 Å². The summed E-state index contributed by atoms with van der Waals surface area (Å²) in [6, 6.07) is 6.15. The first-order valence-corrected chi connectivity index (χ1v) is 6.64. The Labute approximate surface area is 98.0 Å². The van der Waals surface area contributed by atoms with Crippen LogP contribution in [0.2, 0.25) is 0 Å². The van der Waals surface area contributed by atoms with E-state index < -0.39 is 5.60 Å². The minimum atomic E-state index is -0.736. The lowest BCUT2D eigenvalue weighted by Crippen LogP contribution is -2.22. The first kappa shape index (κ1) is 10.9. The molecule has 2 aromatic heterocycles. The van der Waals surface area contributed by atoms with Gasteiger partial charge in [-0.05, 0) is 48.4 Å². The molecule has 2 heterocycles. The second kappa shape index (κ2) is 4.08. The van der Waals surface area contributed by atoms with E-state index in [0.29, 0.717) is 6.42 Å². The summed E-state index contributed by atoms with van der Waals surface area (Å²) in [5, 5.41) is 14.5. The summed E-state index contributed by atoms with van der Waals surface area (Å²) in [5.41, 5.74) is 0.469. The predicted molar refractivity (Wildman–Crippen MR) is 66.6 cm³/mol. The van der Waals surface area contributed by atoms with Gasteiger partial charge >= 0.3 is 0 Å². The largest absolute Gasteiger partial charge is 0.384 e. The molecule has 0 saturated carbocycles. The second-order valence-electron chi connectivity index (χ2n) is 3.99. The summed E-state index contributed by atoms with van der Waals surface area (Å²) >= 11 is 3.34. The number of aryl methyl sites for hydroxylation is 1. The monoisotopic (exact) mass is 238 g/mol. The minimum absolute atomic E-state index is 0.691. The molecule has 1 atom stereocenters. The number of aliphatic hydroxyl groups is 1. The number of hydrogen-bond acceptors (Lipinski definition) is 3. The zero-order chi connectivity index (χ0) is 10.9. The van der Waals surface area contributed by atoms with Crippen LogP contribution in [0.25, 0.3) is 0 Å². The zero-order valence-corrected chi connectivity index (χ0v) is 10.5. The van der Waals surface area contributed by atoms with E-state index in [9.17, 15) is 5.11 Å². The fourth-order valence-corrected chi connectivity index (χ4v) is 3.18. The van der Waals surface area contributed by atoms with E-state index in [1.807, 2.05) is 18.4 Å². The molecule has 0 aromatic carbocycles. The van der Waals surface area contributed by atoms with Crippen molar-refractivity contribution in [1.82, 2.24) is 0 Å². The van der Waals surface area contributed by atoms with Crippen molar-refractivity contribution in [2.24, 2.45) is 0 Å². The number of thiophene rings is 2. The van der Waals surface area contributed by atoms with Crippen LogP contribution in [0.15, 0.2) is 29.0 Å². The highest BCUT2D eigenvalue weighted by Crippen LogP contribution is 2.31. The Morgan fingerprint density at radius 3 is 2.67 bits per heavy atom. The topological polar surface area (TPSA) is 20.2 Å². The maximum absolute atomic E-state index is 10.4. The SMILES string of the molecule is Cc1ccc(C(C)(O)Cc2ccsc2)s1. The summed E-state index contributed by atoms with van der Waals surface area (Å²) < 4.78 is 0. The first-order valence-electron chi connectivity index (χ1n) is 4.88. The normalized spacial score (nSPS) is 15.1. The highest BCUT2D eigenvalue weighted by atomic mass is 32.1. The molecule has 0 aliphatic rings. The third-order valence-electron chi connectivity index (χ3n) is 2.40. The first-order chi connectivity index (χ1) is 7.08. The van der Waals surface area contributed by atoms with Crippen molar-refractivity contribution < 1.29 is 5.11 Å². The van der Waals surface area contributed by atoms with Crippen molar-refractivity contribution in [3.05, 3.63) is 44.3 Å². The lowest BCUT2D eigenvalue weighted by atomic mass is 9.97. The molecule has 0 saturated heterocycles. The molecule has 1 nitrogen and oxygen atoms in total. The summed E-state index contributed by atoms with van der Waals surface area (Å²) in [7, 11) is 0. The summed E-state index contributed by atoms with van der Waals surface area (Å²) in [4.78, 5) is 2.29. The third kappa shape index (κ3) is 2.48. The Bertz CT molecular complexity index is 426.